The smallest absolute Gasteiger partial charge is 0.181 e. The van der Waals surface area contributed by atoms with E-state index in [1.807, 2.05) is 35.7 Å². The van der Waals surface area contributed by atoms with Crippen LogP contribution in [0.25, 0.3) is 16.8 Å². The van der Waals surface area contributed by atoms with Gasteiger partial charge in [-0.05, 0) is 35.6 Å². The highest BCUT2D eigenvalue weighted by Gasteiger charge is 2.18. The molecule has 0 aliphatic carbocycles. The van der Waals surface area contributed by atoms with Crippen LogP contribution in [-0.2, 0) is 12.8 Å². The molecule has 3 nitrogen and oxygen atoms in total. The normalized spacial score (nSPS) is 11.1. The molecular weight excluding hydrogens is 368 g/mol. The van der Waals surface area contributed by atoms with Crippen molar-refractivity contribution in [3.8, 4) is 11.1 Å². The Kier molecular flexibility index (Phi) is 5.27. The molecule has 2 aromatic carbocycles. The number of halogens is 1. The Morgan fingerprint density at radius 1 is 1.00 bits per heavy atom. The first kappa shape index (κ1) is 18.5. The van der Waals surface area contributed by atoms with Gasteiger partial charge in [-0.1, -0.05) is 73.1 Å². The summed E-state index contributed by atoms with van der Waals surface area (Å²) in [6.45, 7) is 2.02. The Balaban J connectivity index is 1.51. The Labute approximate surface area is 169 Å². The summed E-state index contributed by atoms with van der Waals surface area (Å²) in [6.07, 6.45) is 3.70. The first-order valence-electron chi connectivity index (χ1n) is 9.49. The van der Waals surface area contributed by atoms with Gasteiger partial charge in [-0.3, -0.25) is 9.20 Å². The molecule has 0 saturated carbocycles. The summed E-state index contributed by atoms with van der Waals surface area (Å²) in [6, 6.07) is 22.3. The van der Waals surface area contributed by atoms with Gasteiger partial charge in [0.25, 0.3) is 0 Å². The van der Waals surface area contributed by atoms with Crippen LogP contribution in [0.4, 0.5) is 0 Å². The first-order chi connectivity index (χ1) is 13.7. The largest absolute Gasteiger partial charge is 0.297 e. The standard InChI is InChI=1S/C24H21ClN2O/c1-2-21-24(27-15-14-20(25)16-23(27)26-21)22(28)13-10-17-8-11-19(12-9-17)18-6-4-3-5-7-18/h3-9,11-12,14-16H,2,10,13H2,1H3. The number of benzene rings is 2. The van der Waals surface area contributed by atoms with Crippen LogP contribution >= 0.6 is 11.6 Å². The third kappa shape index (κ3) is 3.71. The monoisotopic (exact) mass is 388 g/mol. The molecule has 0 fully saturated rings. The van der Waals surface area contributed by atoms with E-state index in [9.17, 15) is 4.79 Å². The minimum absolute atomic E-state index is 0.110. The van der Waals surface area contributed by atoms with E-state index in [0.29, 0.717) is 30.0 Å². The number of ketones is 1. The van der Waals surface area contributed by atoms with E-state index < -0.39 is 0 Å². The zero-order chi connectivity index (χ0) is 19.5. The predicted molar refractivity (Wildman–Crippen MR) is 114 cm³/mol. The summed E-state index contributed by atoms with van der Waals surface area (Å²) in [5.41, 5.74) is 5.76. The van der Waals surface area contributed by atoms with E-state index >= 15 is 0 Å². The molecule has 0 saturated heterocycles. The predicted octanol–water partition coefficient (Wildman–Crippen LogP) is 6.03. The third-order valence-corrected chi connectivity index (χ3v) is 5.20. The van der Waals surface area contributed by atoms with Crippen LogP contribution in [0.15, 0.2) is 72.9 Å². The number of carbonyl (C=O) groups is 1. The van der Waals surface area contributed by atoms with Gasteiger partial charge in [0.05, 0.1) is 5.69 Å². The summed E-state index contributed by atoms with van der Waals surface area (Å²) in [5, 5.41) is 0.623. The Hall–Kier alpha value is -2.91. The number of Topliss-reactive ketones (excluding diaryl/α,β-unsaturated/α-hetero) is 1. The number of carbonyl (C=O) groups excluding carboxylic acids is 1. The lowest BCUT2D eigenvalue weighted by molar-refractivity contribution is 0.0976. The van der Waals surface area contributed by atoms with E-state index in [1.54, 1.807) is 12.1 Å². The number of hydrogen-bond acceptors (Lipinski definition) is 2. The highest BCUT2D eigenvalue weighted by molar-refractivity contribution is 6.30. The summed E-state index contributed by atoms with van der Waals surface area (Å²) in [7, 11) is 0. The number of imidazole rings is 1. The average molecular weight is 389 g/mol. The van der Waals surface area contributed by atoms with Crippen molar-refractivity contribution in [3.05, 3.63) is 94.9 Å². The lowest BCUT2D eigenvalue weighted by atomic mass is 10.0. The molecule has 4 aromatic rings. The summed E-state index contributed by atoms with van der Waals surface area (Å²) < 4.78 is 1.85. The second kappa shape index (κ2) is 7.99. The number of aryl methyl sites for hydroxylation is 2. The molecule has 4 heteroatoms. The number of rotatable bonds is 6. The van der Waals surface area contributed by atoms with Crippen LogP contribution in [0.3, 0.4) is 0 Å². The minimum atomic E-state index is 0.110. The molecule has 0 atom stereocenters. The number of aromatic nitrogens is 2. The maximum atomic E-state index is 13.0. The van der Waals surface area contributed by atoms with Crippen molar-refractivity contribution in [3.63, 3.8) is 0 Å². The first-order valence-corrected chi connectivity index (χ1v) is 9.87. The van der Waals surface area contributed by atoms with Gasteiger partial charge in [0.1, 0.15) is 11.3 Å². The van der Waals surface area contributed by atoms with Crippen LogP contribution in [0.1, 0.15) is 35.1 Å². The van der Waals surface area contributed by atoms with Gasteiger partial charge < -0.3 is 0 Å². The highest BCUT2D eigenvalue weighted by atomic mass is 35.5. The molecule has 0 spiro atoms. The number of hydrogen-bond donors (Lipinski definition) is 0. The van der Waals surface area contributed by atoms with Crippen LogP contribution in [0.2, 0.25) is 5.02 Å². The van der Waals surface area contributed by atoms with Crippen molar-refractivity contribution < 1.29 is 4.79 Å². The number of nitrogens with zero attached hydrogens (tertiary/aromatic N) is 2. The molecule has 0 N–H and O–H groups in total. The van der Waals surface area contributed by atoms with Gasteiger partial charge in [0.15, 0.2) is 5.78 Å². The third-order valence-electron chi connectivity index (χ3n) is 4.96. The molecule has 0 bridgehead atoms. The van der Waals surface area contributed by atoms with Gasteiger partial charge in [-0.25, -0.2) is 4.98 Å². The second-order valence-electron chi connectivity index (χ2n) is 6.82. The van der Waals surface area contributed by atoms with E-state index in [-0.39, 0.29) is 5.78 Å². The molecule has 2 aromatic heterocycles. The lowest BCUT2D eigenvalue weighted by Crippen LogP contribution is -2.07. The zero-order valence-electron chi connectivity index (χ0n) is 15.7. The zero-order valence-corrected chi connectivity index (χ0v) is 16.5. The highest BCUT2D eigenvalue weighted by Crippen LogP contribution is 2.22. The molecule has 28 heavy (non-hydrogen) atoms. The topological polar surface area (TPSA) is 34.4 Å². The molecule has 4 rings (SSSR count). The molecule has 2 heterocycles. The lowest BCUT2D eigenvalue weighted by Gasteiger charge is -2.06. The van der Waals surface area contributed by atoms with Gasteiger partial charge in [0, 0.05) is 23.7 Å². The quantitative estimate of drug-likeness (QED) is 0.378. The van der Waals surface area contributed by atoms with Crippen molar-refractivity contribution in [1.29, 1.82) is 0 Å². The molecule has 0 unspecified atom stereocenters. The fraction of sp³-hybridized carbons (Fsp3) is 0.167. The van der Waals surface area contributed by atoms with Crippen molar-refractivity contribution in [1.82, 2.24) is 9.38 Å². The summed E-state index contributed by atoms with van der Waals surface area (Å²) >= 11 is 6.06. The molecule has 0 amide bonds. The number of fused-ring (bicyclic) bond motifs is 1. The maximum Gasteiger partial charge on any atom is 0.181 e. The van der Waals surface area contributed by atoms with Crippen LogP contribution < -0.4 is 0 Å². The van der Waals surface area contributed by atoms with Crippen molar-refractivity contribution in [2.75, 3.05) is 0 Å². The molecular formula is C24H21ClN2O. The van der Waals surface area contributed by atoms with Crippen LogP contribution in [0.5, 0.6) is 0 Å². The van der Waals surface area contributed by atoms with Gasteiger partial charge in [-0.2, -0.15) is 0 Å². The van der Waals surface area contributed by atoms with E-state index in [2.05, 4.69) is 41.4 Å². The second-order valence-corrected chi connectivity index (χ2v) is 7.26. The SMILES string of the molecule is CCc1nc2cc(Cl)ccn2c1C(=O)CCc1ccc(-c2ccccc2)cc1. The molecule has 0 aliphatic heterocycles. The van der Waals surface area contributed by atoms with Crippen molar-refractivity contribution >= 4 is 23.0 Å². The summed E-state index contributed by atoms with van der Waals surface area (Å²) in [4.78, 5) is 17.5. The summed E-state index contributed by atoms with van der Waals surface area (Å²) in [5.74, 6) is 0.110. The van der Waals surface area contributed by atoms with Crippen molar-refractivity contribution in [2.24, 2.45) is 0 Å². The van der Waals surface area contributed by atoms with Crippen LogP contribution in [-0.4, -0.2) is 15.2 Å². The van der Waals surface area contributed by atoms with E-state index in [0.717, 1.165) is 16.9 Å². The van der Waals surface area contributed by atoms with Gasteiger partial charge in [0.2, 0.25) is 0 Å². The van der Waals surface area contributed by atoms with Gasteiger partial charge >= 0.3 is 0 Å². The Bertz CT molecular complexity index is 1110. The van der Waals surface area contributed by atoms with E-state index in [4.69, 9.17) is 11.6 Å². The Morgan fingerprint density at radius 2 is 1.71 bits per heavy atom. The fourth-order valence-electron chi connectivity index (χ4n) is 3.48. The fourth-order valence-corrected chi connectivity index (χ4v) is 3.64. The molecule has 0 radical (unpaired) electrons. The molecule has 0 aliphatic rings. The van der Waals surface area contributed by atoms with E-state index in [1.165, 1.54) is 11.1 Å². The minimum Gasteiger partial charge on any atom is -0.297 e. The van der Waals surface area contributed by atoms with Crippen molar-refractivity contribution in [2.45, 2.75) is 26.2 Å². The average Bonchev–Trinajstić information content (AvgIpc) is 3.10. The van der Waals surface area contributed by atoms with Gasteiger partial charge in [-0.15, -0.1) is 0 Å². The maximum absolute atomic E-state index is 13.0. The molecule has 140 valence electrons. The van der Waals surface area contributed by atoms with Crippen LogP contribution in [0, 0.1) is 0 Å². The Morgan fingerprint density at radius 3 is 2.43 bits per heavy atom. The number of pyridine rings is 1.